The van der Waals surface area contributed by atoms with Gasteiger partial charge in [-0.2, -0.15) is 0 Å². The molecule has 2 rings (SSSR count). The molecule has 0 bridgehead atoms. The van der Waals surface area contributed by atoms with Crippen molar-refractivity contribution in [3.8, 4) is 0 Å². The Morgan fingerprint density at radius 3 is 2.44 bits per heavy atom. The van der Waals surface area contributed by atoms with Crippen molar-refractivity contribution in [3.05, 3.63) is 65.2 Å². The van der Waals surface area contributed by atoms with Gasteiger partial charge in [0.1, 0.15) is 0 Å². The highest BCUT2D eigenvalue weighted by Gasteiger charge is 2.02. The summed E-state index contributed by atoms with van der Waals surface area (Å²) in [4.78, 5) is 15.8. The number of carbonyl (C=O) groups is 1. The van der Waals surface area contributed by atoms with E-state index >= 15 is 0 Å². The Labute approximate surface area is 177 Å². The minimum absolute atomic E-state index is 0. The van der Waals surface area contributed by atoms with Crippen LogP contribution < -0.4 is 16.0 Å². The van der Waals surface area contributed by atoms with E-state index in [1.54, 1.807) is 0 Å². The zero-order chi connectivity index (χ0) is 18.8. The fraction of sp³-hybridized carbons (Fsp3) is 0.300. The molecule has 146 valence electrons. The molecule has 6 nitrogen and oxygen atoms in total. The van der Waals surface area contributed by atoms with E-state index in [0.717, 1.165) is 18.1 Å². The number of aryl methyl sites for hydroxylation is 1. The van der Waals surface area contributed by atoms with Gasteiger partial charge < -0.3 is 15.4 Å². The number of methoxy groups -OCH3 is 1. The highest BCUT2D eigenvalue weighted by atomic mass is 127. The van der Waals surface area contributed by atoms with Crippen LogP contribution in [0.15, 0.2) is 53.5 Å². The number of nitrogens with zero attached hydrogens (tertiary/aromatic N) is 1. The molecule has 0 saturated heterocycles. The van der Waals surface area contributed by atoms with Gasteiger partial charge in [0.15, 0.2) is 5.96 Å². The summed E-state index contributed by atoms with van der Waals surface area (Å²) in [5.41, 5.74) is 4.19. The van der Waals surface area contributed by atoms with E-state index in [9.17, 15) is 4.79 Å². The van der Waals surface area contributed by atoms with Crippen LogP contribution in [0.25, 0.3) is 0 Å². The molecular weight excluding hydrogens is 455 g/mol. The van der Waals surface area contributed by atoms with Crippen LogP contribution in [0.5, 0.6) is 0 Å². The smallest absolute Gasteiger partial charge is 0.411 e. The molecule has 0 saturated carbocycles. The third-order valence-corrected chi connectivity index (χ3v) is 3.69. The van der Waals surface area contributed by atoms with Gasteiger partial charge >= 0.3 is 6.09 Å². The highest BCUT2D eigenvalue weighted by molar-refractivity contribution is 14.0. The normalized spacial score (nSPS) is 10.6. The standard InChI is InChI=1S/C20H26N4O2.HI/c1-4-21-19(23-14-17-7-5-6-15(2)12-17)22-13-16-8-10-18(11-9-16)24-20(25)26-3;/h5-12H,4,13-14H2,1-3H3,(H,24,25)(H2,21,22,23);1H. The van der Waals surface area contributed by atoms with E-state index in [0.29, 0.717) is 18.8 Å². The fourth-order valence-corrected chi connectivity index (χ4v) is 2.38. The van der Waals surface area contributed by atoms with Gasteiger partial charge in [-0.05, 0) is 37.1 Å². The highest BCUT2D eigenvalue weighted by Crippen LogP contribution is 2.10. The van der Waals surface area contributed by atoms with E-state index in [1.807, 2.05) is 37.3 Å². The number of benzene rings is 2. The first-order valence-electron chi connectivity index (χ1n) is 8.62. The summed E-state index contributed by atoms with van der Waals surface area (Å²) in [6.45, 7) is 6.17. The van der Waals surface area contributed by atoms with E-state index in [1.165, 1.54) is 18.2 Å². The Bertz CT molecular complexity index is 748. The lowest BCUT2D eigenvalue weighted by Crippen LogP contribution is -2.36. The van der Waals surface area contributed by atoms with Crippen molar-refractivity contribution in [3.63, 3.8) is 0 Å². The van der Waals surface area contributed by atoms with Crippen molar-refractivity contribution in [2.45, 2.75) is 26.9 Å². The lowest BCUT2D eigenvalue weighted by atomic mass is 10.1. The summed E-state index contributed by atoms with van der Waals surface area (Å²) in [6.07, 6.45) is -0.478. The van der Waals surface area contributed by atoms with Crippen molar-refractivity contribution in [2.24, 2.45) is 4.99 Å². The number of carbonyl (C=O) groups excluding carboxylic acids is 1. The first-order chi connectivity index (χ1) is 12.6. The van der Waals surface area contributed by atoms with Gasteiger partial charge in [0.05, 0.1) is 13.7 Å². The Morgan fingerprint density at radius 2 is 1.81 bits per heavy atom. The zero-order valence-corrected chi connectivity index (χ0v) is 18.2. The third kappa shape index (κ3) is 8.29. The summed E-state index contributed by atoms with van der Waals surface area (Å²) < 4.78 is 4.57. The van der Waals surface area contributed by atoms with Crippen LogP contribution >= 0.6 is 24.0 Å². The number of amides is 1. The van der Waals surface area contributed by atoms with Gasteiger partial charge in [0.25, 0.3) is 0 Å². The molecule has 0 unspecified atom stereocenters. The molecule has 0 aliphatic carbocycles. The minimum atomic E-state index is -0.478. The maximum absolute atomic E-state index is 11.2. The summed E-state index contributed by atoms with van der Waals surface area (Å²) >= 11 is 0. The van der Waals surface area contributed by atoms with Crippen LogP contribution in [0.1, 0.15) is 23.6 Å². The number of hydrogen-bond donors (Lipinski definition) is 3. The van der Waals surface area contributed by atoms with Crippen LogP contribution in [-0.4, -0.2) is 25.7 Å². The lowest BCUT2D eigenvalue weighted by Gasteiger charge is -2.12. The molecule has 0 aromatic heterocycles. The van der Waals surface area contributed by atoms with Crippen LogP contribution in [0.2, 0.25) is 0 Å². The summed E-state index contributed by atoms with van der Waals surface area (Å²) in [6, 6.07) is 15.9. The van der Waals surface area contributed by atoms with Gasteiger partial charge in [-0.15, -0.1) is 24.0 Å². The summed E-state index contributed by atoms with van der Waals surface area (Å²) in [5.74, 6) is 0.769. The maximum atomic E-state index is 11.2. The number of aliphatic imine (C=N–C) groups is 1. The third-order valence-electron chi connectivity index (χ3n) is 3.69. The first kappa shape index (κ1) is 22.8. The molecule has 0 fully saturated rings. The molecule has 7 heteroatoms. The molecule has 0 aliphatic rings. The van der Waals surface area contributed by atoms with Crippen LogP contribution in [0, 0.1) is 6.92 Å². The van der Waals surface area contributed by atoms with Crippen molar-refractivity contribution in [1.29, 1.82) is 0 Å². The van der Waals surface area contributed by atoms with E-state index in [-0.39, 0.29) is 24.0 Å². The SMILES string of the molecule is CCNC(=NCc1cccc(C)c1)NCc1ccc(NC(=O)OC)cc1.I. The Hall–Kier alpha value is -2.29. The second kappa shape index (κ2) is 12.2. The van der Waals surface area contributed by atoms with Crippen LogP contribution in [0.4, 0.5) is 10.5 Å². The zero-order valence-electron chi connectivity index (χ0n) is 15.9. The number of halogens is 1. The number of rotatable bonds is 6. The second-order valence-corrected chi connectivity index (χ2v) is 5.85. The molecular formula is C20H27IN4O2. The number of nitrogens with one attached hydrogen (secondary N) is 3. The quantitative estimate of drug-likeness (QED) is 0.330. The summed E-state index contributed by atoms with van der Waals surface area (Å²) in [7, 11) is 1.34. The second-order valence-electron chi connectivity index (χ2n) is 5.85. The monoisotopic (exact) mass is 482 g/mol. The van der Waals surface area contributed by atoms with Crippen molar-refractivity contribution >= 4 is 41.7 Å². The predicted molar refractivity (Wildman–Crippen MR) is 121 cm³/mol. The van der Waals surface area contributed by atoms with Crippen molar-refractivity contribution in [1.82, 2.24) is 10.6 Å². The van der Waals surface area contributed by atoms with Gasteiger partial charge in [-0.3, -0.25) is 5.32 Å². The van der Waals surface area contributed by atoms with Crippen molar-refractivity contribution < 1.29 is 9.53 Å². The molecule has 0 radical (unpaired) electrons. The van der Waals surface area contributed by atoms with E-state index < -0.39 is 6.09 Å². The Kier molecular flexibility index (Phi) is 10.2. The molecule has 1 amide bonds. The fourth-order valence-electron chi connectivity index (χ4n) is 2.38. The Balaban J connectivity index is 0.00000364. The lowest BCUT2D eigenvalue weighted by molar-refractivity contribution is 0.187. The molecule has 0 aliphatic heterocycles. The Morgan fingerprint density at radius 1 is 1.07 bits per heavy atom. The summed E-state index contributed by atoms with van der Waals surface area (Å²) in [5, 5.41) is 9.20. The molecule has 2 aromatic rings. The number of anilines is 1. The first-order valence-corrected chi connectivity index (χ1v) is 8.62. The minimum Gasteiger partial charge on any atom is -0.453 e. The average Bonchev–Trinajstić information content (AvgIpc) is 2.65. The number of guanidine groups is 1. The predicted octanol–water partition coefficient (Wildman–Crippen LogP) is 4.05. The average molecular weight is 482 g/mol. The molecule has 0 spiro atoms. The van der Waals surface area contributed by atoms with Crippen LogP contribution in [-0.2, 0) is 17.8 Å². The van der Waals surface area contributed by atoms with Gasteiger partial charge in [-0.25, -0.2) is 9.79 Å². The molecule has 27 heavy (non-hydrogen) atoms. The molecule has 0 atom stereocenters. The van der Waals surface area contributed by atoms with Gasteiger partial charge in [0, 0.05) is 18.8 Å². The maximum Gasteiger partial charge on any atom is 0.411 e. The largest absolute Gasteiger partial charge is 0.453 e. The molecule has 0 heterocycles. The topological polar surface area (TPSA) is 74.8 Å². The van der Waals surface area contributed by atoms with Gasteiger partial charge in [-0.1, -0.05) is 42.0 Å². The number of hydrogen-bond acceptors (Lipinski definition) is 3. The molecule has 2 aromatic carbocycles. The molecule has 3 N–H and O–H groups in total. The van der Waals surface area contributed by atoms with E-state index in [4.69, 9.17) is 0 Å². The number of ether oxygens (including phenoxy) is 1. The van der Waals surface area contributed by atoms with E-state index in [2.05, 4.69) is 50.8 Å². The van der Waals surface area contributed by atoms with Gasteiger partial charge in [0.2, 0.25) is 0 Å². The van der Waals surface area contributed by atoms with Crippen molar-refractivity contribution in [2.75, 3.05) is 19.0 Å². The van der Waals surface area contributed by atoms with Crippen LogP contribution in [0.3, 0.4) is 0 Å².